The van der Waals surface area contributed by atoms with Crippen molar-refractivity contribution in [2.45, 2.75) is 51.2 Å². The molecular formula is C27H31F3N6O7S. The fourth-order valence-corrected chi connectivity index (χ4v) is 4.92. The number of benzene rings is 2. The van der Waals surface area contributed by atoms with Crippen molar-refractivity contribution >= 4 is 21.9 Å². The van der Waals surface area contributed by atoms with Gasteiger partial charge in [-0.25, -0.2) is 17.8 Å². The minimum Gasteiger partial charge on any atom is -0.569 e. The number of nitrogens with one attached hydrogen (secondary N) is 1. The molecule has 0 aliphatic heterocycles. The van der Waals surface area contributed by atoms with Crippen molar-refractivity contribution in [3.63, 3.8) is 0 Å². The molecular weight excluding hydrogens is 609 g/mol. The zero-order valence-corrected chi connectivity index (χ0v) is 25.2. The van der Waals surface area contributed by atoms with E-state index in [1.807, 2.05) is 11.6 Å². The maximum absolute atomic E-state index is 13.5. The van der Waals surface area contributed by atoms with Gasteiger partial charge < -0.3 is 14.8 Å². The number of amides is 1. The number of hydrogen-bond donors (Lipinski definition) is 1. The van der Waals surface area contributed by atoms with Crippen LogP contribution in [0.4, 0.5) is 13.2 Å². The first-order valence-electron chi connectivity index (χ1n) is 13.1. The Bertz CT molecular complexity index is 1610. The van der Waals surface area contributed by atoms with E-state index in [2.05, 4.69) is 20.0 Å². The SMILES string of the molecule is CC(=O)OCO/N=[N+](\[O-])N(C)[C@@H](CC(C)C)C(=O)NS(=O)(=O)c1ccc(-n2nc(C(F)(F)F)cc2-c2ccc(C)cc2)cc1. The minimum absolute atomic E-state index is 0.0393. The monoisotopic (exact) mass is 640 g/mol. The zero-order valence-electron chi connectivity index (χ0n) is 24.4. The van der Waals surface area contributed by atoms with E-state index in [9.17, 15) is 36.4 Å². The number of sulfonamides is 1. The van der Waals surface area contributed by atoms with Crippen LogP contribution >= 0.6 is 0 Å². The Labute approximate surface area is 251 Å². The first-order chi connectivity index (χ1) is 20.5. The number of carbonyl (C=O) groups excluding carboxylic acids is 2. The van der Waals surface area contributed by atoms with E-state index in [1.54, 1.807) is 38.1 Å². The molecule has 3 aromatic rings. The molecule has 238 valence electrons. The standard InChI is InChI=1S/C27H31F3N6O7S/c1-17(2)14-24(34(5)36(39)33-43-16-42-19(4)37)26(38)32-44(40,41)22-12-10-21(11-13-22)35-23(15-25(31-35)27(28,29)30)20-8-6-18(3)7-9-20/h6-13,15,17,24H,14,16H2,1-5H3,(H,32,38)/b36-33-/t24-/m0/s1. The lowest BCUT2D eigenvalue weighted by Crippen LogP contribution is -2.49. The van der Waals surface area contributed by atoms with Crippen molar-refractivity contribution in [3.8, 4) is 16.9 Å². The highest BCUT2D eigenvalue weighted by Gasteiger charge is 2.36. The van der Waals surface area contributed by atoms with Gasteiger partial charge in [-0.15, -0.1) is 5.01 Å². The molecule has 0 saturated heterocycles. The Morgan fingerprint density at radius 2 is 1.75 bits per heavy atom. The van der Waals surface area contributed by atoms with Gasteiger partial charge in [-0.05, 0) is 49.6 Å². The van der Waals surface area contributed by atoms with Crippen molar-refractivity contribution in [1.82, 2.24) is 19.5 Å². The average molecular weight is 641 g/mol. The lowest BCUT2D eigenvalue weighted by atomic mass is 10.0. The Morgan fingerprint density at radius 3 is 2.30 bits per heavy atom. The number of alkyl halides is 3. The van der Waals surface area contributed by atoms with Crippen molar-refractivity contribution in [3.05, 3.63) is 71.1 Å². The predicted octanol–water partition coefficient (Wildman–Crippen LogP) is 4.35. The molecule has 0 aliphatic carbocycles. The molecule has 0 saturated carbocycles. The van der Waals surface area contributed by atoms with Gasteiger partial charge in [0, 0.05) is 12.5 Å². The molecule has 2 aromatic carbocycles. The molecule has 1 aromatic heterocycles. The number of rotatable bonds is 12. The molecule has 1 heterocycles. The molecule has 0 spiro atoms. The van der Waals surface area contributed by atoms with Crippen LogP contribution in [0.15, 0.2) is 64.8 Å². The van der Waals surface area contributed by atoms with Crippen molar-refractivity contribution < 1.29 is 45.7 Å². The van der Waals surface area contributed by atoms with Crippen LogP contribution in [-0.2, 0) is 35.4 Å². The van der Waals surface area contributed by atoms with Crippen LogP contribution in [0.3, 0.4) is 0 Å². The summed E-state index contributed by atoms with van der Waals surface area (Å²) < 4.78 is 74.2. The Morgan fingerprint density at radius 1 is 1.14 bits per heavy atom. The van der Waals surface area contributed by atoms with Crippen molar-refractivity contribution in [2.75, 3.05) is 13.8 Å². The molecule has 44 heavy (non-hydrogen) atoms. The second kappa shape index (κ2) is 13.7. The van der Waals surface area contributed by atoms with E-state index in [0.717, 1.165) is 40.4 Å². The summed E-state index contributed by atoms with van der Waals surface area (Å²) in [6, 6.07) is 11.1. The second-order valence-electron chi connectivity index (χ2n) is 10.1. The molecule has 1 atom stereocenters. The van der Waals surface area contributed by atoms with Crippen LogP contribution in [0.5, 0.6) is 0 Å². The molecule has 13 nitrogen and oxygen atoms in total. The maximum atomic E-state index is 13.5. The van der Waals surface area contributed by atoms with Gasteiger partial charge in [-0.3, -0.25) is 9.59 Å². The number of likely N-dealkylation sites (N-methyl/N-ethyl adjacent to an activating group) is 1. The van der Waals surface area contributed by atoms with Gasteiger partial charge in [0.05, 0.1) is 28.3 Å². The van der Waals surface area contributed by atoms with Crippen LogP contribution in [0.25, 0.3) is 16.9 Å². The smallest absolute Gasteiger partial charge is 0.435 e. The molecule has 0 bridgehead atoms. The van der Waals surface area contributed by atoms with Crippen LogP contribution in [0.2, 0.25) is 0 Å². The van der Waals surface area contributed by atoms with Crippen LogP contribution in [0, 0.1) is 18.0 Å². The minimum atomic E-state index is -4.72. The van der Waals surface area contributed by atoms with Gasteiger partial charge in [-0.1, -0.05) is 43.7 Å². The lowest BCUT2D eigenvalue weighted by molar-refractivity contribution is -0.711. The summed E-state index contributed by atoms with van der Waals surface area (Å²) in [5, 5.41) is 20.0. The molecule has 0 aliphatic rings. The number of hydrazine groups is 1. The molecule has 0 fully saturated rings. The van der Waals surface area contributed by atoms with Gasteiger partial charge in [-0.2, -0.15) is 18.3 Å². The predicted molar refractivity (Wildman–Crippen MR) is 149 cm³/mol. The molecule has 0 unspecified atom stereocenters. The number of ether oxygens (including phenoxy) is 1. The van der Waals surface area contributed by atoms with Crippen molar-refractivity contribution in [2.24, 2.45) is 11.2 Å². The maximum Gasteiger partial charge on any atom is 0.435 e. The third-order valence-electron chi connectivity index (χ3n) is 6.13. The molecule has 17 heteroatoms. The number of halogens is 3. The van der Waals surface area contributed by atoms with Gasteiger partial charge in [0.15, 0.2) is 11.7 Å². The van der Waals surface area contributed by atoms with Crippen LogP contribution < -0.4 is 4.72 Å². The van der Waals surface area contributed by atoms with E-state index in [4.69, 9.17) is 0 Å². The van der Waals surface area contributed by atoms with Crippen LogP contribution in [0.1, 0.15) is 38.4 Å². The quantitative estimate of drug-likeness (QED) is 0.0759. The summed E-state index contributed by atoms with van der Waals surface area (Å²) in [7, 11) is -3.30. The number of aryl methyl sites for hydroxylation is 1. The fourth-order valence-electron chi connectivity index (χ4n) is 3.91. The molecule has 3 rings (SSSR count). The lowest BCUT2D eigenvalue weighted by Gasteiger charge is -2.24. The van der Waals surface area contributed by atoms with E-state index in [0.29, 0.717) is 5.56 Å². The Kier molecular flexibility index (Phi) is 10.6. The second-order valence-corrected chi connectivity index (χ2v) is 11.8. The summed E-state index contributed by atoms with van der Waals surface area (Å²) in [6.45, 7) is 5.78. The number of esters is 1. The van der Waals surface area contributed by atoms with E-state index in [1.165, 1.54) is 19.2 Å². The third kappa shape index (κ3) is 8.68. The topological polar surface area (TPSA) is 158 Å². The van der Waals surface area contributed by atoms with E-state index < -0.39 is 46.6 Å². The van der Waals surface area contributed by atoms with E-state index >= 15 is 0 Å². The largest absolute Gasteiger partial charge is 0.569 e. The highest BCUT2D eigenvalue weighted by atomic mass is 32.2. The summed E-state index contributed by atoms with van der Waals surface area (Å²) >= 11 is 0. The normalized spacial score (nSPS) is 13.0. The average Bonchev–Trinajstić information content (AvgIpc) is 3.40. The zero-order chi connectivity index (χ0) is 32.8. The third-order valence-corrected chi connectivity index (χ3v) is 7.50. The molecule has 0 radical (unpaired) electrons. The highest BCUT2D eigenvalue weighted by Crippen LogP contribution is 2.33. The van der Waals surface area contributed by atoms with Crippen molar-refractivity contribution in [1.29, 1.82) is 0 Å². The number of aromatic nitrogens is 2. The van der Waals surface area contributed by atoms with E-state index in [-0.39, 0.29) is 33.6 Å². The first-order valence-corrected chi connectivity index (χ1v) is 14.6. The molecule has 1 N–H and O–H groups in total. The first kappa shape index (κ1) is 33.8. The van der Waals surface area contributed by atoms with Gasteiger partial charge in [0.2, 0.25) is 5.28 Å². The Hall–Kier alpha value is -4.67. The van der Waals surface area contributed by atoms with Gasteiger partial charge in [0.1, 0.15) is 0 Å². The summed E-state index contributed by atoms with van der Waals surface area (Å²) in [5.41, 5.74) is 0.493. The Balaban J connectivity index is 1.86. The summed E-state index contributed by atoms with van der Waals surface area (Å²) in [5.74, 6) is -1.89. The highest BCUT2D eigenvalue weighted by molar-refractivity contribution is 7.90. The number of nitrogens with zero attached hydrogens (tertiary/aromatic N) is 5. The van der Waals surface area contributed by atoms with Crippen LogP contribution in [-0.4, -0.2) is 59.9 Å². The fraction of sp³-hybridized carbons (Fsp3) is 0.370. The van der Waals surface area contributed by atoms with Gasteiger partial charge in [0.25, 0.3) is 22.7 Å². The summed E-state index contributed by atoms with van der Waals surface area (Å²) in [4.78, 5) is 28.0. The van der Waals surface area contributed by atoms with Gasteiger partial charge >= 0.3 is 12.1 Å². The number of carbonyl (C=O) groups is 2. The summed E-state index contributed by atoms with van der Waals surface area (Å²) in [6.07, 6.45) is -4.68. The number of hydrogen-bond acceptors (Lipinski definition) is 9. The molecule has 1 amide bonds.